The zero-order valence-corrected chi connectivity index (χ0v) is 14.7. The van der Waals surface area contributed by atoms with E-state index in [1.165, 1.54) is 4.90 Å². The first-order valence-corrected chi connectivity index (χ1v) is 8.48. The Morgan fingerprint density at radius 1 is 1.12 bits per heavy atom. The standard InChI is InChI=1S/C18H25N3O4/c1-12-8-13(2)10-14(9-12)15(22)11-20-18(25)19-6-3-7-21-16(23)4-5-17(21)24/h8-10,15,22H,3-7,11H2,1-2H3,(H2,19,20,25)/t15-/m0/s1. The Hall–Kier alpha value is -2.41. The van der Waals surface area contributed by atoms with Crippen LogP contribution in [0.4, 0.5) is 4.79 Å². The van der Waals surface area contributed by atoms with Gasteiger partial charge < -0.3 is 15.7 Å². The van der Waals surface area contributed by atoms with E-state index in [0.717, 1.165) is 16.7 Å². The topological polar surface area (TPSA) is 98.7 Å². The van der Waals surface area contributed by atoms with E-state index in [4.69, 9.17) is 0 Å². The highest BCUT2D eigenvalue weighted by molar-refractivity contribution is 6.01. The minimum Gasteiger partial charge on any atom is -0.387 e. The second-order valence-electron chi connectivity index (χ2n) is 6.37. The molecule has 7 nitrogen and oxygen atoms in total. The monoisotopic (exact) mass is 347 g/mol. The third-order valence-corrected chi connectivity index (χ3v) is 4.08. The summed E-state index contributed by atoms with van der Waals surface area (Å²) in [4.78, 5) is 35.9. The maximum absolute atomic E-state index is 11.8. The quantitative estimate of drug-likeness (QED) is 0.509. The van der Waals surface area contributed by atoms with Crippen LogP contribution < -0.4 is 10.6 Å². The molecule has 136 valence electrons. The van der Waals surface area contributed by atoms with E-state index in [-0.39, 0.29) is 37.2 Å². The van der Waals surface area contributed by atoms with Crippen LogP contribution in [-0.2, 0) is 9.59 Å². The number of rotatable bonds is 7. The number of hydrogen-bond donors (Lipinski definition) is 3. The van der Waals surface area contributed by atoms with Crippen molar-refractivity contribution in [1.82, 2.24) is 15.5 Å². The van der Waals surface area contributed by atoms with E-state index >= 15 is 0 Å². The summed E-state index contributed by atoms with van der Waals surface area (Å²) in [6.45, 7) is 4.70. The number of hydrogen-bond acceptors (Lipinski definition) is 4. The minimum absolute atomic E-state index is 0.109. The smallest absolute Gasteiger partial charge is 0.314 e. The van der Waals surface area contributed by atoms with Crippen molar-refractivity contribution in [1.29, 1.82) is 0 Å². The maximum atomic E-state index is 11.8. The lowest BCUT2D eigenvalue weighted by molar-refractivity contribution is -0.138. The van der Waals surface area contributed by atoms with Crippen LogP contribution in [0.5, 0.6) is 0 Å². The van der Waals surface area contributed by atoms with E-state index in [1.807, 2.05) is 32.0 Å². The van der Waals surface area contributed by atoms with E-state index in [9.17, 15) is 19.5 Å². The molecule has 0 aliphatic carbocycles. The van der Waals surface area contributed by atoms with Gasteiger partial charge in [0.1, 0.15) is 0 Å². The predicted octanol–water partition coefficient (Wildman–Crippen LogP) is 1.18. The molecule has 1 heterocycles. The Bertz CT molecular complexity index is 623. The third-order valence-electron chi connectivity index (χ3n) is 4.08. The number of nitrogens with zero attached hydrogens (tertiary/aromatic N) is 1. The molecule has 0 spiro atoms. The summed E-state index contributed by atoms with van der Waals surface area (Å²) in [5.41, 5.74) is 2.89. The first-order chi connectivity index (χ1) is 11.9. The number of carbonyl (C=O) groups excluding carboxylic acids is 3. The van der Waals surface area contributed by atoms with Crippen molar-refractivity contribution in [3.05, 3.63) is 34.9 Å². The lowest BCUT2D eigenvalue weighted by atomic mass is 10.0. The predicted molar refractivity (Wildman–Crippen MR) is 92.8 cm³/mol. The molecule has 0 radical (unpaired) electrons. The molecule has 3 N–H and O–H groups in total. The van der Waals surface area contributed by atoms with Gasteiger partial charge in [0.25, 0.3) is 0 Å². The number of aryl methyl sites for hydroxylation is 2. The average Bonchev–Trinajstić information content (AvgIpc) is 2.87. The second kappa shape index (κ2) is 8.62. The van der Waals surface area contributed by atoms with Gasteiger partial charge in [0.15, 0.2) is 0 Å². The fraction of sp³-hybridized carbons (Fsp3) is 0.500. The molecular formula is C18H25N3O4. The lowest BCUT2D eigenvalue weighted by Gasteiger charge is -2.15. The van der Waals surface area contributed by atoms with Gasteiger partial charge in [-0.3, -0.25) is 14.5 Å². The third kappa shape index (κ3) is 5.56. The molecule has 7 heteroatoms. The molecule has 1 aliphatic rings. The molecule has 4 amide bonds. The largest absolute Gasteiger partial charge is 0.387 e. The zero-order valence-electron chi connectivity index (χ0n) is 14.7. The fourth-order valence-electron chi connectivity index (χ4n) is 2.88. The molecule has 0 saturated carbocycles. The van der Waals surface area contributed by atoms with Crippen molar-refractivity contribution in [2.45, 2.75) is 39.2 Å². The highest BCUT2D eigenvalue weighted by atomic mass is 16.3. The van der Waals surface area contributed by atoms with Crippen molar-refractivity contribution < 1.29 is 19.5 Å². The molecule has 1 fully saturated rings. The minimum atomic E-state index is -0.774. The number of imide groups is 1. The number of likely N-dealkylation sites (tertiary alicyclic amines) is 1. The summed E-state index contributed by atoms with van der Waals surface area (Å²) in [7, 11) is 0. The molecule has 1 aromatic carbocycles. The van der Waals surface area contributed by atoms with Crippen LogP contribution in [-0.4, -0.2) is 47.5 Å². The van der Waals surface area contributed by atoms with Crippen molar-refractivity contribution >= 4 is 17.8 Å². The number of nitrogens with one attached hydrogen (secondary N) is 2. The Morgan fingerprint density at radius 2 is 1.72 bits per heavy atom. The van der Waals surface area contributed by atoms with E-state index in [0.29, 0.717) is 19.5 Å². The number of aliphatic hydroxyl groups excluding tert-OH is 1. The van der Waals surface area contributed by atoms with Gasteiger partial charge in [-0.15, -0.1) is 0 Å². The molecule has 1 aliphatic heterocycles. The molecule has 0 aromatic heterocycles. The van der Waals surface area contributed by atoms with Crippen LogP contribution in [0.2, 0.25) is 0 Å². The van der Waals surface area contributed by atoms with E-state index in [1.54, 1.807) is 0 Å². The van der Waals surface area contributed by atoms with Gasteiger partial charge >= 0.3 is 6.03 Å². The van der Waals surface area contributed by atoms with Gasteiger partial charge in [-0.05, 0) is 25.8 Å². The van der Waals surface area contributed by atoms with E-state index < -0.39 is 6.10 Å². The van der Waals surface area contributed by atoms with Crippen molar-refractivity contribution in [2.24, 2.45) is 0 Å². The van der Waals surface area contributed by atoms with Gasteiger partial charge in [-0.2, -0.15) is 0 Å². The van der Waals surface area contributed by atoms with Crippen LogP contribution in [0.3, 0.4) is 0 Å². The SMILES string of the molecule is Cc1cc(C)cc([C@@H](O)CNC(=O)NCCCN2C(=O)CCC2=O)c1. The Balaban J connectivity index is 1.66. The summed E-state index contributed by atoms with van der Waals surface area (Å²) in [6.07, 6.45) is 0.292. The molecular weight excluding hydrogens is 322 g/mol. The van der Waals surface area contributed by atoms with Crippen LogP contribution in [0.1, 0.15) is 42.1 Å². The number of urea groups is 1. The first kappa shape index (κ1) is 18.9. The number of aliphatic hydroxyl groups is 1. The first-order valence-electron chi connectivity index (χ1n) is 8.48. The number of benzene rings is 1. The Morgan fingerprint density at radius 3 is 2.32 bits per heavy atom. The molecule has 0 unspecified atom stereocenters. The van der Waals surface area contributed by atoms with E-state index in [2.05, 4.69) is 10.6 Å². The van der Waals surface area contributed by atoms with Crippen molar-refractivity contribution in [3.8, 4) is 0 Å². The van der Waals surface area contributed by atoms with Gasteiger partial charge in [-0.25, -0.2) is 4.79 Å². The van der Waals surface area contributed by atoms with Gasteiger partial charge in [-0.1, -0.05) is 29.3 Å². The van der Waals surface area contributed by atoms with Crippen molar-refractivity contribution in [2.75, 3.05) is 19.6 Å². The summed E-state index contributed by atoms with van der Waals surface area (Å²) in [6, 6.07) is 5.41. The molecule has 1 aromatic rings. The van der Waals surface area contributed by atoms with Crippen LogP contribution in [0.15, 0.2) is 18.2 Å². The average molecular weight is 347 g/mol. The van der Waals surface area contributed by atoms with Crippen molar-refractivity contribution in [3.63, 3.8) is 0 Å². The normalized spacial score (nSPS) is 15.4. The Kier molecular flexibility index (Phi) is 6.52. The second-order valence-corrected chi connectivity index (χ2v) is 6.37. The lowest BCUT2D eigenvalue weighted by Crippen LogP contribution is -2.39. The highest BCUT2D eigenvalue weighted by Crippen LogP contribution is 2.16. The highest BCUT2D eigenvalue weighted by Gasteiger charge is 2.27. The molecule has 1 saturated heterocycles. The molecule has 25 heavy (non-hydrogen) atoms. The molecule has 0 bridgehead atoms. The zero-order chi connectivity index (χ0) is 18.4. The summed E-state index contributed by atoms with van der Waals surface area (Å²) < 4.78 is 0. The van der Waals surface area contributed by atoms with Crippen LogP contribution in [0, 0.1) is 13.8 Å². The number of carbonyl (C=O) groups is 3. The summed E-state index contributed by atoms with van der Waals surface area (Å²) >= 11 is 0. The molecule has 2 rings (SSSR count). The Labute approximate surface area is 147 Å². The van der Waals surface area contributed by atoms with Gasteiger partial charge in [0.2, 0.25) is 11.8 Å². The van der Waals surface area contributed by atoms with Crippen LogP contribution in [0.25, 0.3) is 0 Å². The van der Waals surface area contributed by atoms with Gasteiger partial charge in [0.05, 0.1) is 6.10 Å². The molecule has 1 atom stereocenters. The summed E-state index contributed by atoms with van der Waals surface area (Å²) in [5, 5.41) is 15.4. The maximum Gasteiger partial charge on any atom is 0.314 e. The van der Waals surface area contributed by atoms with Crippen LogP contribution >= 0.6 is 0 Å². The summed E-state index contributed by atoms with van der Waals surface area (Å²) in [5.74, 6) is -0.294. The number of amides is 4. The van der Waals surface area contributed by atoms with Gasteiger partial charge in [0, 0.05) is 32.5 Å². The fourth-order valence-corrected chi connectivity index (χ4v) is 2.88.